The number of amides is 1. The number of hydrogen-bond acceptors (Lipinski definition) is 3. The van der Waals surface area contributed by atoms with Crippen LogP contribution in [0.15, 0.2) is 77.7 Å². The second kappa shape index (κ2) is 8.22. The Morgan fingerprint density at radius 3 is 2.04 bits per heavy atom. The first-order chi connectivity index (χ1) is 13.3. The molecule has 0 aliphatic rings. The molecule has 3 rings (SSSR count). The molecule has 144 valence electrons. The molecule has 3 aromatic rings. The minimum atomic E-state index is -3.68. The van der Waals surface area contributed by atoms with E-state index in [0.717, 1.165) is 5.56 Å². The molecule has 0 saturated heterocycles. The maximum absolute atomic E-state index is 12.9. The van der Waals surface area contributed by atoms with Crippen LogP contribution >= 0.6 is 0 Å². The fourth-order valence-corrected chi connectivity index (χ4v) is 3.60. The number of aryl methyl sites for hydroxylation is 1. The van der Waals surface area contributed by atoms with Gasteiger partial charge in [0.1, 0.15) is 5.82 Å². The Labute approximate surface area is 163 Å². The Morgan fingerprint density at radius 2 is 1.43 bits per heavy atom. The zero-order chi connectivity index (χ0) is 20.1. The smallest absolute Gasteiger partial charge is 0.261 e. The number of halogens is 1. The lowest BCUT2D eigenvalue weighted by atomic mass is 10.1. The highest BCUT2D eigenvalue weighted by Gasteiger charge is 2.14. The third-order valence-electron chi connectivity index (χ3n) is 4.03. The number of sulfonamides is 1. The number of carbonyl (C=O) groups is 1. The molecule has 0 radical (unpaired) electrons. The second-order valence-electron chi connectivity index (χ2n) is 6.35. The van der Waals surface area contributed by atoms with E-state index in [4.69, 9.17) is 0 Å². The van der Waals surface area contributed by atoms with Gasteiger partial charge in [-0.25, -0.2) is 12.8 Å². The van der Waals surface area contributed by atoms with Crippen molar-refractivity contribution in [3.8, 4) is 0 Å². The van der Waals surface area contributed by atoms with Gasteiger partial charge in [-0.3, -0.25) is 9.52 Å². The van der Waals surface area contributed by atoms with Crippen molar-refractivity contribution in [2.24, 2.45) is 0 Å². The van der Waals surface area contributed by atoms with Crippen molar-refractivity contribution < 1.29 is 17.6 Å². The summed E-state index contributed by atoms with van der Waals surface area (Å²) in [6.07, 6.45) is 0.113. The lowest BCUT2D eigenvalue weighted by Gasteiger charge is -2.10. The maximum atomic E-state index is 12.9. The number of hydrogen-bond donors (Lipinski definition) is 2. The predicted molar refractivity (Wildman–Crippen MR) is 107 cm³/mol. The Bertz CT molecular complexity index is 1060. The average Bonchev–Trinajstić information content (AvgIpc) is 2.65. The molecule has 0 bridgehead atoms. The standard InChI is InChI=1S/C21H19FN2O3S/c1-15-2-12-20(13-3-15)28(26,27)24-19-10-8-18(9-11-19)23-21(25)14-16-4-6-17(22)7-5-16/h2-13,24H,14H2,1H3,(H,23,25). The average molecular weight is 398 g/mol. The predicted octanol–water partition coefficient (Wildman–Crippen LogP) is 4.12. The van der Waals surface area contributed by atoms with Crippen molar-refractivity contribution in [1.29, 1.82) is 0 Å². The van der Waals surface area contributed by atoms with Crippen LogP contribution in [-0.4, -0.2) is 14.3 Å². The first kappa shape index (κ1) is 19.6. The second-order valence-corrected chi connectivity index (χ2v) is 8.03. The van der Waals surface area contributed by atoms with Crippen molar-refractivity contribution in [1.82, 2.24) is 0 Å². The third-order valence-corrected chi connectivity index (χ3v) is 5.43. The van der Waals surface area contributed by atoms with E-state index in [1.807, 2.05) is 6.92 Å². The summed E-state index contributed by atoms with van der Waals surface area (Å²) in [4.78, 5) is 12.3. The summed E-state index contributed by atoms with van der Waals surface area (Å²) in [7, 11) is -3.68. The minimum Gasteiger partial charge on any atom is -0.326 e. The highest BCUT2D eigenvalue weighted by molar-refractivity contribution is 7.92. The number of rotatable bonds is 6. The molecule has 7 heteroatoms. The van der Waals surface area contributed by atoms with E-state index in [-0.39, 0.29) is 23.0 Å². The lowest BCUT2D eigenvalue weighted by Crippen LogP contribution is -2.15. The lowest BCUT2D eigenvalue weighted by molar-refractivity contribution is -0.115. The van der Waals surface area contributed by atoms with Gasteiger partial charge < -0.3 is 5.32 Å². The first-order valence-electron chi connectivity index (χ1n) is 8.56. The van der Waals surface area contributed by atoms with Gasteiger partial charge in [0.2, 0.25) is 5.91 Å². The Hall–Kier alpha value is -3.19. The van der Waals surface area contributed by atoms with Crippen LogP contribution in [0.4, 0.5) is 15.8 Å². The van der Waals surface area contributed by atoms with E-state index >= 15 is 0 Å². The van der Waals surface area contributed by atoms with E-state index in [0.29, 0.717) is 16.9 Å². The summed E-state index contributed by atoms with van der Waals surface area (Å²) >= 11 is 0. The van der Waals surface area contributed by atoms with Crippen LogP contribution < -0.4 is 10.0 Å². The summed E-state index contributed by atoms with van der Waals surface area (Å²) in [5, 5.41) is 2.72. The molecule has 2 N–H and O–H groups in total. The van der Waals surface area contributed by atoms with Crippen LogP contribution in [0.2, 0.25) is 0 Å². The monoisotopic (exact) mass is 398 g/mol. The molecule has 0 aromatic heterocycles. The highest BCUT2D eigenvalue weighted by Crippen LogP contribution is 2.19. The molecule has 0 atom stereocenters. The molecule has 28 heavy (non-hydrogen) atoms. The van der Waals surface area contributed by atoms with E-state index < -0.39 is 10.0 Å². The van der Waals surface area contributed by atoms with Gasteiger partial charge in [0.25, 0.3) is 10.0 Å². The van der Waals surface area contributed by atoms with Crippen molar-refractivity contribution in [3.05, 3.63) is 89.7 Å². The molecule has 0 unspecified atom stereocenters. The van der Waals surface area contributed by atoms with Crippen molar-refractivity contribution >= 4 is 27.3 Å². The highest BCUT2D eigenvalue weighted by atomic mass is 32.2. The first-order valence-corrected chi connectivity index (χ1v) is 10.0. The number of nitrogens with one attached hydrogen (secondary N) is 2. The van der Waals surface area contributed by atoms with Gasteiger partial charge in [-0.1, -0.05) is 29.8 Å². The maximum Gasteiger partial charge on any atom is 0.261 e. The number of anilines is 2. The molecule has 5 nitrogen and oxygen atoms in total. The van der Waals surface area contributed by atoms with Gasteiger partial charge in [-0.15, -0.1) is 0 Å². The Balaban J connectivity index is 1.62. The Morgan fingerprint density at radius 1 is 0.857 bits per heavy atom. The molecule has 0 fully saturated rings. The third kappa shape index (κ3) is 5.17. The van der Waals surface area contributed by atoms with Crippen LogP contribution in [0.1, 0.15) is 11.1 Å². The van der Waals surface area contributed by atoms with Gasteiger partial charge in [-0.2, -0.15) is 0 Å². The van der Waals surface area contributed by atoms with Gasteiger partial charge in [0.05, 0.1) is 11.3 Å². The molecule has 0 aliphatic heterocycles. The molecule has 0 heterocycles. The number of benzene rings is 3. The fraction of sp³-hybridized carbons (Fsp3) is 0.0952. The Kier molecular flexibility index (Phi) is 5.75. The van der Waals surface area contributed by atoms with Crippen LogP contribution in [0.3, 0.4) is 0 Å². The molecule has 3 aromatic carbocycles. The van der Waals surface area contributed by atoms with Crippen molar-refractivity contribution in [3.63, 3.8) is 0 Å². The molecule has 0 saturated carbocycles. The van der Waals surface area contributed by atoms with Crippen LogP contribution in [0, 0.1) is 12.7 Å². The van der Waals surface area contributed by atoms with Gasteiger partial charge in [0, 0.05) is 11.4 Å². The van der Waals surface area contributed by atoms with Crippen LogP contribution in [0.25, 0.3) is 0 Å². The summed E-state index contributed by atoms with van der Waals surface area (Å²) in [6.45, 7) is 1.88. The molecule has 1 amide bonds. The van der Waals surface area contributed by atoms with E-state index in [1.165, 1.54) is 12.1 Å². The molecular formula is C21H19FN2O3S. The van der Waals surface area contributed by atoms with E-state index in [2.05, 4.69) is 10.0 Å². The summed E-state index contributed by atoms with van der Waals surface area (Å²) in [5.41, 5.74) is 2.59. The van der Waals surface area contributed by atoms with E-state index in [9.17, 15) is 17.6 Å². The quantitative estimate of drug-likeness (QED) is 0.656. The summed E-state index contributed by atoms with van der Waals surface area (Å²) in [6, 6.07) is 18.6. The molecule has 0 aliphatic carbocycles. The van der Waals surface area contributed by atoms with Crippen LogP contribution in [0.5, 0.6) is 0 Å². The van der Waals surface area contributed by atoms with Crippen LogP contribution in [-0.2, 0) is 21.2 Å². The molecular weight excluding hydrogens is 379 g/mol. The topological polar surface area (TPSA) is 75.3 Å². The van der Waals surface area contributed by atoms with Crippen molar-refractivity contribution in [2.75, 3.05) is 10.0 Å². The largest absolute Gasteiger partial charge is 0.326 e. The van der Waals surface area contributed by atoms with E-state index in [1.54, 1.807) is 60.7 Å². The summed E-state index contributed by atoms with van der Waals surface area (Å²) < 4.78 is 40.2. The zero-order valence-corrected chi connectivity index (χ0v) is 16.0. The van der Waals surface area contributed by atoms with Gasteiger partial charge in [0.15, 0.2) is 0 Å². The molecule has 0 spiro atoms. The SMILES string of the molecule is Cc1ccc(S(=O)(=O)Nc2ccc(NC(=O)Cc3ccc(F)cc3)cc2)cc1. The fourth-order valence-electron chi connectivity index (χ4n) is 2.55. The van der Waals surface area contributed by atoms with Gasteiger partial charge >= 0.3 is 0 Å². The zero-order valence-electron chi connectivity index (χ0n) is 15.1. The van der Waals surface area contributed by atoms with Crippen molar-refractivity contribution in [2.45, 2.75) is 18.2 Å². The minimum absolute atomic E-state index is 0.113. The van der Waals surface area contributed by atoms with Gasteiger partial charge in [-0.05, 0) is 61.0 Å². The number of carbonyl (C=O) groups excluding carboxylic acids is 1. The summed E-state index contributed by atoms with van der Waals surface area (Å²) in [5.74, 6) is -0.604. The normalized spacial score (nSPS) is 11.1.